The topological polar surface area (TPSA) is 61.4 Å². The smallest absolute Gasteiger partial charge is 0.242 e. The zero-order chi connectivity index (χ0) is 17.6. The van der Waals surface area contributed by atoms with Crippen LogP contribution in [0.1, 0.15) is 18.9 Å². The normalized spacial score (nSPS) is 16.4. The van der Waals surface area contributed by atoms with Crippen LogP contribution in [0.25, 0.3) is 0 Å². The molecule has 2 aromatic carbocycles. The molecule has 2 aromatic rings. The van der Waals surface area contributed by atoms with E-state index in [2.05, 4.69) is 10.6 Å². The first kappa shape index (κ1) is 17.0. The van der Waals surface area contributed by atoms with Crippen molar-refractivity contribution in [3.8, 4) is 0 Å². The maximum absolute atomic E-state index is 12.6. The Hall–Kier alpha value is -2.82. The summed E-state index contributed by atoms with van der Waals surface area (Å²) < 4.78 is 0. The van der Waals surface area contributed by atoms with Gasteiger partial charge in [0.05, 0.1) is 6.42 Å². The van der Waals surface area contributed by atoms with Crippen molar-refractivity contribution in [2.75, 3.05) is 23.3 Å². The van der Waals surface area contributed by atoms with Crippen molar-refractivity contribution in [2.45, 2.75) is 25.8 Å². The number of likely N-dealkylation sites (N-methyl/N-ethyl adjacent to an activating group) is 1. The fourth-order valence-corrected chi connectivity index (χ4v) is 3.03. The Bertz CT molecular complexity index is 728. The first-order valence-corrected chi connectivity index (χ1v) is 8.66. The summed E-state index contributed by atoms with van der Waals surface area (Å²) >= 11 is 0. The minimum Gasteiger partial charge on any atom is -0.374 e. The van der Waals surface area contributed by atoms with Gasteiger partial charge in [0.2, 0.25) is 11.8 Å². The second kappa shape index (κ2) is 7.83. The lowest BCUT2D eigenvalue weighted by atomic mass is 10.1. The molecule has 1 heterocycles. The van der Waals surface area contributed by atoms with Crippen LogP contribution in [-0.2, 0) is 16.0 Å². The Morgan fingerprint density at radius 2 is 1.88 bits per heavy atom. The minimum absolute atomic E-state index is 0.0423. The molecule has 1 aliphatic heterocycles. The van der Waals surface area contributed by atoms with Crippen molar-refractivity contribution in [1.29, 1.82) is 0 Å². The summed E-state index contributed by atoms with van der Waals surface area (Å²) in [6.07, 6.45) is 1.15. The Morgan fingerprint density at radius 3 is 2.48 bits per heavy atom. The summed E-state index contributed by atoms with van der Waals surface area (Å²) in [7, 11) is 0. The molecule has 0 radical (unpaired) electrons. The maximum atomic E-state index is 12.6. The Kier molecular flexibility index (Phi) is 5.33. The average Bonchev–Trinajstić information content (AvgIpc) is 3.03. The molecule has 0 spiro atoms. The van der Waals surface area contributed by atoms with Crippen molar-refractivity contribution in [2.24, 2.45) is 0 Å². The third-order valence-electron chi connectivity index (χ3n) is 4.38. The van der Waals surface area contributed by atoms with Crippen LogP contribution in [0.2, 0.25) is 0 Å². The lowest BCUT2D eigenvalue weighted by Gasteiger charge is -2.21. The largest absolute Gasteiger partial charge is 0.374 e. The Morgan fingerprint density at radius 1 is 1.16 bits per heavy atom. The van der Waals surface area contributed by atoms with Gasteiger partial charge in [-0.3, -0.25) is 9.59 Å². The number of para-hydroxylation sites is 1. The van der Waals surface area contributed by atoms with E-state index in [9.17, 15) is 9.59 Å². The van der Waals surface area contributed by atoms with E-state index in [-0.39, 0.29) is 17.9 Å². The predicted molar refractivity (Wildman–Crippen MR) is 99.7 cm³/mol. The van der Waals surface area contributed by atoms with Gasteiger partial charge < -0.3 is 15.5 Å². The monoisotopic (exact) mass is 337 g/mol. The first-order valence-electron chi connectivity index (χ1n) is 8.66. The fraction of sp³-hybridized carbons (Fsp3) is 0.300. The van der Waals surface area contributed by atoms with Crippen LogP contribution in [0.3, 0.4) is 0 Å². The minimum atomic E-state index is -0.166. The van der Waals surface area contributed by atoms with Gasteiger partial charge in [-0.05, 0) is 43.2 Å². The lowest BCUT2D eigenvalue weighted by Crippen LogP contribution is -2.32. The number of hydrogen-bond acceptors (Lipinski definition) is 3. The highest BCUT2D eigenvalue weighted by atomic mass is 16.2. The summed E-state index contributed by atoms with van der Waals surface area (Å²) in [5, 5.41) is 6.03. The van der Waals surface area contributed by atoms with Crippen LogP contribution in [0.15, 0.2) is 54.6 Å². The molecule has 0 saturated carbocycles. The van der Waals surface area contributed by atoms with Gasteiger partial charge in [-0.2, -0.15) is 0 Å². The number of benzene rings is 2. The number of rotatable bonds is 6. The second-order valence-electron chi connectivity index (χ2n) is 6.12. The van der Waals surface area contributed by atoms with Crippen molar-refractivity contribution in [1.82, 2.24) is 5.32 Å². The number of hydrogen-bond donors (Lipinski definition) is 2. The zero-order valence-corrected chi connectivity index (χ0v) is 14.4. The van der Waals surface area contributed by atoms with E-state index in [0.717, 1.165) is 29.9 Å². The van der Waals surface area contributed by atoms with Crippen LogP contribution in [0, 0.1) is 0 Å². The van der Waals surface area contributed by atoms with E-state index in [1.165, 1.54) is 0 Å². The number of anilines is 2. The molecule has 1 atom stereocenters. The van der Waals surface area contributed by atoms with Gasteiger partial charge >= 0.3 is 0 Å². The van der Waals surface area contributed by atoms with Gasteiger partial charge in [-0.25, -0.2) is 0 Å². The molecule has 2 amide bonds. The number of nitrogens with zero attached hydrogens (tertiary/aromatic N) is 1. The molecule has 130 valence electrons. The molecule has 1 saturated heterocycles. The molecule has 5 heteroatoms. The van der Waals surface area contributed by atoms with Crippen LogP contribution in [0.5, 0.6) is 0 Å². The number of nitrogens with one attached hydrogen (secondary N) is 2. The third-order valence-corrected chi connectivity index (χ3v) is 4.38. The predicted octanol–water partition coefficient (Wildman–Crippen LogP) is 2.58. The van der Waals surface area contributed by atoms with E-state index in [4.69, 9.17) is 0 Å². The maximum Gasteiger partial charge on any atom is 0.242 e. The Labute approximate surface area is 148 Å². The van der Waals surface area contributed by atoms with Crippen LogP contribution < -0.4 is 15.5 Å². The van der Waals surface area contributed by atoms with Crippen LogP contribution >= 0.6 is 0 Å². The molecule has 25 heavy (non-hydrogen) atoms. The quantitative estimate of drug-likeness (QED) is 0.852. The summed E-state index contributed by atoms with van der Waals surface area (Å²) in [5.74, 6) is 0.116. The van der Waals surface area contributed by atoms with E-state index < -0.39 is 0 Å². The van der Waals surface area contributed by atoms with Crippen molar-refractivity contribution in [3.63, 3.8) is 0 Å². The van der Waals surface area contributed by atoms with Gasteiger partial charge in [0.25, 0.3) is 0 Å². The van der Waals surface area contributed by atoms with E-state index in [1.54, 1.807) is 4.90 Å². The molecular weight excluding hydrogens is 314 g/mol. The lowest BCUT2D eigenvalue weighted by molar-refractivity contribution is -0.120. The zero-order valence-electron chi connectivity index (χ0n) is 14.4. The van der Waals surface area contributed by atoms with Crippen molar-refractivity contribution >= 4 is 23.2 Å². The molecule has 2 N–H and O–H groups in total. The summed E-state index contributed by atoms with van der Waals surface area (Å²) in [5.41, 5.74) is 2.77. The molecule has 5 nitrogen and oxygen atoms in total. The van der Waals surface area contributed by atoms with Gasteiger partial charge in [-0.1, -0.05) is 30.3 Å². The second-order valence-corrected chi connectivity index (χ2v) is 6.12. The van der Waals surface area contributed by atoms with Gasteiger partial charge in [0, 0.05) is 24.5 Å². The molecule has 3 rings (SSSR count). The van der Waals surface area contributed by atoms with E-state index in [1.807, 2.05) is 61.5 Å². The summed E-state index contributed by atoms with van der Waals surface area (Å²) in [6.45, 7) is 3.33. The highest BCUT2D eigenvalue weighted by Crippen LogP contribution is 2.17. The third kappa shape index (κ3) is 4.18. The first-order chi connectivity index (χ1) is 12.2. The highest BCUT2D eigenvalue weighted by Gasteiger charge is 2.23. The number of carbonyl (C=O) groups is 2. The Balaban J connectivity index is 1.62. The van der Waals surface area contributed by atoms with Crippen LogP contribution in [0.4, 0.5) is 11.4 Å². The molecule has 0 aliphatic carbocycles. The molecule has 0 aromatic heterocycles. The molecule has 1 unspecified atom stereocenters. The fourth-order valence-electron chi connectivity index (χ4n) is 3.03. The molecular formula is C20H23N3O2. The van der Waals surface area contributed by atoms with Crippen molar-refractivity contribution < 1.29 is 9.59 Å². The van der Waals surface area contributed by atoms with Gasteiger partial charge in [-0.15, -0.1) is 0 Å². The van der Waals surface area contributed by atoms with E-state index >= 15 is 0 Å². The van der Waals surface area contributed by atoms with Crippen LogP contribution in [-0.4, -0.2) is 30.9 Å². The van der Waals surface area contributed by atoms with Gasteiger partial charge in [0.1, 0.15) is 6.04 Å². The average molecular weight is 337 g/mol. The summed E-state index contributed by atoms with van der Waals surface area (Å²) in [6, 6.07) is 17.3. The summed E-state index contributed by atoms with van der Waals surface area (Å²) in [4.78, 5) is 26.0. The van der Waals surface area contributed by atoms with E-state index in [0.29, 0.717) is 13.0 Å². The van der Waals surface area contributed by atoms with Crippen molar-refractivity contribution in [3.05, 3.63) is 60.2 Å². The molecule has 1 fully saturated rings. The highest BCUT2D eigenvalue weighted by molar-refractivity contribution is 5.94. The molecule has 1 aliphatic rings. The molecule has 0 bridgehead atoms. The number of amides is 2. The van der Waals surface area contributed by atoms with Gasteiger partial charge in [0.15, 0.2) is 0 Å². The standard InChI is InChI=1S/C20H23N3O2/c1-2-23(17-6-4-3-5-7-17)19(24)14-15-8-10-16(11-9-15)22-18-12-13-21-20(18)25/h3-11,18,22H,2,12-14H2,1H3,(H,21,25). The SMILES string of the molecule is CCN(C(=O)Cc1ccc(NC2CCNC2=O)cc1)c1ccccc1. The number of carbonyl (C=O) groups excluding carboxylic acids is 2.